The molecule has 0 aromatic heterocycles. The normalized spacial score (nSPS) is 10.3. The van der Waals surface area contributed by atoms with Gasteiger partial charge in [0.15, 0.2) is 11.5 Å². The maximum Gasteiger partial charge on any atom is 0.224 e. The van der Waals surface area contributed by atoms with Gasteiger partial charge in [-0.1, -0.05) is 24.3 Å². The van der Waals surface area contributed by atoms with E-state index in [-0.39, 0.29) is 5.91 Å². The molecule has 0 aliphatic carbocycles. The summed E-state index contributed by atoms with van der Waals surface area (Å²) >= 11 is 0. The molecule has 4 heteroatoms. The van der Waals surface area contributed by atoms with Crippen LogP contribution < -0.4 is 14.8 Å². The van der Waals surface area contributed by atoms with Crippen molar-refractivity contribution in [2.45, 2.75) is 33.6 Å². The predicted octanol–water partition coefficient (Wildman–Crippen LogP) is 4.36. The van der Waals surface area contributed by atoms with Crippen molar-refractivity contribution in [3.63, 3.8) is 0 Å². The molecular formula is C20H25NO3. The van der Waals surface area contributed by atoms with Gasteiger partial charge in [0.05, 0.1) is 13.2 Å². The highest BCUT2D eigenvalue weighted by Gasteiger charge is 2.09. The van der Waals surface area contributed by atoms with Gasteiger partial charge in [-0.05, 0) is 56.5 Å². The quantitative estimate of drug-likeness (QED) is 0.783. The molecule has 0 radical (unpaired) electrons. The lowest BCUT2D eigenvalue weighted by atomic mass is 10.1. The first-order valence-corrected chi connectivity index (χ1v) is 8.38. The fourth-order valence-corrected chi connectivity index (χ4v) is 2.43. The Morgan fingerprint density at radius 1 is 1.00 bits per heavy atom. The highest BCUT2D eigenvalue weighted by atomic mass is 16.5. The molecule has 1 N–H and O–H groups in total. The average Bonchev–Trinajstić information content (AvgIpc) is 2.57. The van der Waals surface area contributed by atoms with E-state index in [1.807, 2.05) is 63.2 Å². The van der Waals surface area contributed by atoms with E-state index in [1.54, 1.807) is 0 Å². The Morgan fingerprint density at radius 2 is 1.71 bits per heavy atom. The number of hydrogen-bond donors (Lipinski definition) is 1. The number of benzene rings is 2. The Balaban J connectivity index is 1.97. The minimum atomic E-state index is 0.0103. The number of carbonyl (C=O) groups excluding carboxylic acids is 1. The molecule has 0 atom stereocenters. The Morgan fingerprint density at radius 3 is 2.42 bits per heavy atom. The molecule has 0 saturated carbocycles. The standard InChI is InChI=1S/C20H25NO3/c1-4-23-18-12-10-16(14-19(18)24-5-2)11-13-20(22)21-17-9-7-6-8-15(17)3/h6-10,12,14H,4-5,11,13H2,1-3H3,(H,21,22). The van der Waals surface area contributed by atoms with Gasteiger partial charge < -0.3 is 14.8 Å². The summed E-state index contributed by atoms with van der Waals surface area (Å²) in [5.41, 5.74) is 2.98. The van der Waals surface area contributed by atoms with Gasteiger partial charge in [0, 0.05) is 12.1 Å². The molecule has 2 rings (SSSR count). The summed E-state index contributed by atoms with van der Waals surface area (Å²) in [5.74, 6) is 1.49. The summed E-state index contributed by atoms with van der Waals surface area (Å²) in [6.07, 6.45) is 1.08. The van der Waals surface area contributed by atoms with Crippen molar-refractivity contribution in [3.05, 3.63) is 53.6 Å². The summed E-state index contributed by atoms with van der Waals surface area (Å²) in [6.45, 7) is 7.05. The molecule has 0 unspecified atom stereocenters. The summed E-state index contributed by atoms with van der Waals surface area (Å²) in [5, 5.41) is 2.96. The number of carbonyl (C=O) groups is 1. The van der Waals surface area contributed by atoms with Crippen LogP contribution in [0.5, 0.6) is 11.5 Å². The van der Waals surface area contributed by atoms with Crippen LogP contribution in [0.25, 0.3) is 0 Å². The van der Waals surface area contributed by atoms with Crippen molar-refractivity contribution in [2.75, 3.05) is 18.5 Å². The minimum Gasteiger partial charge on any atom is -0.490 e. The fourth-order valence-electron chi connectivity index (χ4n) is 2.43. The molecule has 4 nitrogen and oxygen atoms in total. The number of rotatable bonds is 8. The van der Waals surface area contributed by atoms with Gasteiger partial charge in [-0.15, -0.1) is 0 Å². The van der Waals surface area contributed by atoms with Crippen molar-refractivity contribution in [2.24, 2.45) is 0 Å². The zero-order valence-electron chi connectivity index (χ0n) is 14.6. The van der Waals surface area contributed by atoms with Gasteiger partial charge in [-0.2, -0.15) is 0 Å². The van der Waals surface area contributed by atoms with E-state index in [1.165, 1.54) is 0 Å². The molecule has 0 aliphatic rings. The maximum absolute atomic E-state index is 12.2. The van der Waals surface area contributed by atoms with Crippen molar-refractivity contribution >= 4 is 11.6 Å². The Kier molecular flexibility index (Phi) is 6.67. The van der Waals surface area contributed by atoms with Crippen LogP contribution in [0, 0.1) is 6.92 Å². The van der Waals surface area contributed by atoms with Gasteiger partial charge in [-0.3, -0.25) is 4.79 Å². The molecule has 0 aliphatic heterocycles. The molecule has 0 fully saturated rings. The van der Waals surface area contributed by atoms with Crippen LogP contribution in [-0.4, -0.2) is 19.1 Å². The third kappa shape index (κ3) is 5.01. The molecule has 1 amide bonds. The van der Waals surface area contributed by atoms with E-state index < -0.39 is 0 Å². The van der Waals surface area contributed by atoms with E-state index in [9.17, 15) is 4.79 Å². The van der Waals surface area contributed by atoms with Crippen LogP contribution >= 0.6 is 0 Å². The van der Waals surface area contributed by atoms with Crippen LogP contribution in [0.1, 0.15) is 31.4 Å². The number of anilines is 1. The molecule has 2 aromatic carbocycles. The lowest BCUT2D eigenvalue weighted by Crippen LogP contribution is -2.13. The highest BCUT2D eigenvalue weighted by molar-refractivity contribution is 5.91. The first-order valence-electron chi connectivity index (χ1n) is 8.38. The summed E-state index contributed by atoms with van der Waals surface area (Å²) < 4.78 is 11.2. The van der Waals surface area contributed by atoms with Crippen molar-refractivity contribution in [1.82, 2.24) is 0 Å². The van der Waals surface area contributed by atoms with Crippen molar-refractivity contribution in [1.29, 1.82) is 0 Å². The Bertz CT molecular complexity index is 682. The molecule has 0 heterocycles. The Labute approximate surface area is 143 Å². The number of para-hydroxylation sites is 1. The van der Waals surface area contributed by atoms with Gasteiger partial charge in [0.1, 0.15) is 0 Å². The maximum atomic E-state index is 12.2. The number of aryl methyl sites for hydroxylation is 2. The number of hydrogen-bond acceptors (Lipinski definition) is 3. The average molecular weight is 327 g/mol. The number of nitrogens with one attached hydrogen (secondary N) is 1. The smallest absolute Gasteiger partial charge is 0.224 e. The van der Waals surface area contributed by atoms with Crippen molar-refractivity contribution < 1.29 is 14.3 Å². The van der Waals surface area contributed by atoms with Crippen LogP contribution in [0.4, 0.5) is 5.69 Å². The number of amides is 1. The van der Waals surface area contributed by atoms with Crippen LogP contribution in [0.3, 0.4) is 0 Å². The zero-order valence-corrected chi connectivity index (χ0v) is 14.6. The monoisotopic (exact) mass is 327 g/mol. The third-order valence-electron chi connectivity index (χ3n) is 3.67. The second kappa shape index (κ2) is 8.96. The molecule has 24 heavy (non-hydrogen) atoms. The first-order chi connectivity index (χ1) is 11.6. The summed E-state index contributed by atoms with van der Waals surface area (Å²) in [4.78, 5) is 12.2. The largest absolute Gasteiger partial charge is 0.490 e. The summed E-state index contributed by atoms with van der Waals surface area (Å²) in [6, 6.07) is 13.6. The van der Waals surface area contributed by atoms with Crippen LogP contribution in [0.2, 0.25) is 0 Å². The second-order valence-electron chi connectivity index (χ2n) is 5.51. The van der Waals surface area contributed by atoms with E-state index in [4.69, 9.17) is 9.47 Å². The fraction of sp³-hybridized carbons (Fsp3) is 0.350. The Hall–Kier alpha value is -2.49. The van der Waals surface area contributed by atoms with E-state index >= 15 is 0 Å². The highest BCUT2D eigenvalue weighted by Crippen LogP contribution is 2.29. The SMILES string of the molecule is CCOc1ccc(CCC(=O)Nc2ccccc2C)cc1OCC. The second-order valence-corrected chi connectivity index (χ2v) is 5.51. The van der Waals surface area contributed by atoms with Crippen molar-refractivity contribution in [3.8, 4) is 11.5 Å². The molecule has 0 bridgehead atoms. The molecule has 2 aromatic rings. The van der Waals surface area contributed by atoms with Gasteiger partial charge in [0.25, 0.3) is 0 Å². The zero-order chi connectivity index (χ0) is 17.4. The first kappa shape index (κ1) is 17.9. The van der Waals surface area contributed by atoms with E-state index in [2.05, 4.69) is 5.32 Å². The van der Waals surface area contributed by atoms with Crippen LogP contribution in [-0.2, 0) is 11.2 Å². The van der Waals surface area contributed by atoms with E-state index in [0.717, 1.165) is 28.3 Å². The lowest BCUT2D eigenvalue weighted by molar-refractivity contribution is -0.116. The van der Waals surface area contributed by atoms with Crippen LogP contribution in [0.15, 0.2) is 42.5 Å². The van der Waals surface area contributed by atoms with E-state index in [0.29, 0.717) is 26.1 Å². The lowest BCUT2D eigenvalue weighted by Gasteiger charge is -2.12. The topological polar surface area (TPSA) is 47.6 Å². The predicted molar refractivity (Wildman–Crippen MR) is 96.9 cm³/mol. The third-order valence-corrected chi connectivity index (χ3v) is 3.67. The molecule has 128 valence electrons. The minimum absolute atomic E-state index is 0.0103. The van der Waals surface area contributed by atoms with Gasteiger partial charge in [0.2, 0.25) is 5.91 Å². The molecule has 0 saturated heterocycles. The summed E-state index contributed by atoms with van der Waals surface area (Å²) in [7, 11) is 0. The molecular weight excluding hydrogens is 302 g/mol. The number of ether oxygens (including phenoxy) is 2. The van der Waals surface area contributed by atoms with Gasteiger partial charge >= 0.3 is 0 Å². The van der Waals surface area contributed by atoms with Gasteiger partial charge in [-0.25, -0.2) is 0 Å². The molecule has 0 spiro atoms.